The molecule has 0 aliphatic rings. The van der Waals surface area contributed by atoms with Gasteiger partial charge in [0.15, 0.2) is 0 Å². The molecule has 0 aliphatic carbocycles. The van der Waals surface area contributed by atoms with Gasteiger partial charge in [0.2, 0.25) is 5.91 Å². The van der Waals surface area contributed by atoms with Gasteiger partial charge in [-0.3, -0.25) is 14.4 Å². The van der Waals surface area contributed by atoms with Gasteiger partial charge in [-0.1, -0.05) is 72.8 Å². The molecule has 9 heteroatoms. The van der Waals surface area contributed by atoms with Gasteiger partial charge < -0.3 is 20.7 Å². The summed E-state index contributed by atoms with van der Waals surface area (Å²) in [6.07, 6.45) is 1.65. The van der Waals surface area contributed by atoms with Gasteiger partial charge >= 0.3 is 0 Å². The van der Waals surface area contributed by atoms with Crippen molar-refractivity contribution in [2.45, 2.75) is 10.1 Å². The number of para-hydroxylation sites is 2. The molecule has 1 unspecified atom stereocenters. The molecule has 4 aromatic carbocycles. The average Bonchev–Trinajstić information content (AvgIpc) is 3.58. The van der Waals surface area contributed by atoms with Crippen molar-refractivity contribution in [3.05, 3.63) is 148 Å². The van der Waals surface area contributed by atoms with E-state index in [0.717, 1.165) is 15.3 Å². The third kappa shape index (κ3) is 8.03. The number of rotatable bonds is 11. The lowest BCUT2D eigenvalue weighted by Crippen LogP contribution is -2.30. The highest BCUT2D eigenvalue weighted by atomic mass is 32.2. The van der Waals surface area contributed by atoms with Crippen LogP contribution in [0.3, 0.4) is 0 Å². The molecule has 0 fully saturated rings. The van der Waals surface area contributed by atoms with Gasteiger partial charge in [0, 0.05) is 21.0 Å². The molecule has 3 N–H and O–H groups in total. The molecular formula is C35H29N3O4S2. The largest absolute Gasteiger partial charge is 0.495 e. The number of thiophene rings is 1. The maximum Gasteiger partial charge on any atom is 0.272 e. The zero-order valence-corrected chi connectivity index (χ0v) is 25.4. The third-order valence-electron chi connectivity index (χ3n) is 6.41. The zero-order valence-electron chi connectivity index (χ0n) is 23.7. The van der Waals surface area contributed by atoms with Gasteiger partial charge in [-0.2, -0.15) is 0 Å². The first-order valence-electron chi connectivity index (χ1n) is 13.7. The second-order valence-corrected chi connectivity index (χ2v) is 11.6. The molecule has 1 atom stereocenters. The molecule has 5 aromatic rings. The fraction of sp³-hybridized carbons (Fsp3) is 0.0571. The summed E-state index contributed by atoms with van der Waals surface area (Å²) in [7, 11) is 1.56. The number of hydrogen-bond acceptors (Lipinski definition) is 6. The summed E-state index contributed by atoms with van der Waals surface area (Å²) in [6.45, 7) is 0. The van der Waals surface area contributed by atoms with Crippen molar-refractivity contribution in [2.24, 2.45) is 0 Å². The Balaban J connectivity index is 1.36. The summed E-state index contributed by atoms with van der Waals surface area (Å²) in [5, 5.41) is 9.96. The van der Waals surface area contributed by atoms with Crippen molar-refractivity contribution in [2.75, 3.05) is 17.7 Å². The molecule has 0 radical (unpaired) electrons. The lowest BCUT2D eigenvalue weighted by atomic mass is 10.1. The van der Waals surface area contributed by atoms with Crippen molar-refractivity contribution in [3.8, 4) is 5.75 Å². The van der Waals surface area contributed by atoms with Crippen LogP contribution in [-0.4, -0.2) is 24.8 Å². The number of ether oxygens (including phenoxy) is 1. The van der Waals surface area contributed by atoms with E-state index in [4.69, 9.17) is 4.74 Å². The summed E-state index contributed by atoms with van der Waals surface area (Å²) in [4.78, 5) is 41.6. The molecule has 5 rings (SSSR count). The van der Waals surface area contributed by atoms with E-state index in [2.05, 4.69) is 16.0 Å². The van der Waals surface area contributed by atoms with Crippen LogP contribution in [0.1, 0.15) is 26.0 Å². The summed E-state index contributed by atoms with van der Waals surface area (Å²) >= 11 is 2.81. The van der Waals surface area contributed by atoms with Crippen LogP contribution in [-0.2, 0) is 9.59 Å². The van der Waals surface area contributed by atoms with E-state index in [1.165, 1.54) is 23.1 Å². The molecular weight excluding hydrogens is 591 g/mol. The Hall–Kier alpha value is -5.12. The molecule has 0 saturated carbocycles. The minimum absolute atomic E-state index is 0.109. The number of hydrogen-bond donors (Lipinski definition) is 3. The molecule has 7 nitrogen and oxygen atoms in total. The molecule has 0 bridgehead atoms. The number of methoxy groups -OCH3 is 1. The van der Waals surface area contributed by atoms with E-state index >= 15 is 0 Å². The van der Waals surface area contributed by atoms with Crippen molar-refractivity contribution < 1.29 is 19.1 Å². The quantitative estimate of drug-likeness (QED) is 0.104. The number of thioether (sulfide) groups is 1. The highest BCUT2D eigenvalue weighted by Gasteiger charge is 2.23. The fourth-order valence-corrected chi connectivity index (χ4v) is 6.03. The van der Waals surface area contributed by atoms with Crippen LogP contribution in [0.5, 0.6) is 5.75 Å². The molecule has 1 aromatic heterocycles. The first-order chi connectivity index (χ1) is 21.5. The highest BCUT2D eigenvalue weighted by molar-refractivity contribution is 8.00. The van der Waals surface area contributed by atoms with Gasteiger partial charge in [-0.15, -0.1) is 23.1 Å². The highest BCUT2D eigenvalue weighted by Crippen LogP contribution is 2.38. The van der Waals surface area contributed by atoms with Crippen LogP contribution < -0.4 is 20.7 Å². The predicted molar refractivity (Wildman–Crippen MR) is 178 cm³/mol. The van der Waals surface area contributed by atoms with Crippen LogP contribution >= 0.6 is 23.1 Å². The number of benzene rings is 4. The smallest absolute Gasteiger partial charge is 0.272 e. The van der Waals surface area contributed by atoms with Crippen molar-refractivity contribution in [1.29, 1.82) is 0 Å². The Labute approximate surface area is 264 Å². The number of carbonyl (C=O) groups excluding carboxylic acids is 3. The monoisotopic (exact) mass is 619 g/mol. The summed E-state index contributed by atoms with van der Waals surface area (Å²) in [6, 6.07) is 36.4. The Kier molecular flexibility index (Phi) is 10.2. The molecule has 0 aliphatic heterocycles. The van der Waals surface area contributed by atoms with Crippen LogP contribution in [0.2, 0.25) is 0 Å². The summed E-state index contributed by atoms with van der Waals surface area (Å²) in [5.41, 5.74) is 2.46. The number of anilines is 2. The van der Waals surface area contributed by atoms with Crippen molar-refractivity contribution in [3.63, 3.8) is 0 Å². The number of nitrogens with one attached hydrogen (secondary N) is 3. The van der Waals surface area contributed by atoms with E-state index in [1.807, 2.05) is 78.2 Å². The topological polar surface area (TPSA) is 96.5 Å². The van der Waals surface area contributed by atoms with Gasteiger partial charge in [-0.05, 0) is 65.6 Å². The molecule has 220 valence electrons. The summed E-state index contributed by atoms with van der Waals surface area (Å²) < 4.78 is 5.41. The first kappa shape index (κ1) is 30.3. The second kappa shape index (κ2) is 14.9. The zero-order chi connectivity index (χ0) is 30.7. The van der Waals surface area contributed by atoms with Crippen molar-refractivity contribution >= 4 is 58.3 Å². The van der Waals surface area contributed by atoms with Gasteiger partial charge in [0.25, 0.3) is 11.8 Å². The van der Waals surface area contributed by atoms with E-state index < -0.39 is 11.2 Å². The Bertz CT molecular complexity index is 1760. The molecule has 0 saturated heterocycles. The maximum atomic E-state index is 13.6. The van der Waals surface area contributed by atoms with E-state index in [0.29, 0.717) is 22.7 Å². The minimum Gasteiger partial charge on any atom is -0.495 e. The van der Waals surface area contributed by atoms with Crippen LogP contribution in [0.4, 0.5) is 11.4 Å². The average molecular weight is 620 g/mol. The predicted octanol–water partition coefficient (Wildman–Crippen LogP) is 7.64. The molecule has 0 spiro atoms. The van der Waals surface area contributed by atoms with Crippen LogP contribution in [0.25, 0.3) is 6.08 Å². The SMILES string of the molecule is COc1ccccc1NC(=O)C(Sc1cccc(NC(=O)/C(=C/c2cccs2)NC(=O)c2ccccc2)c1)c1ccccc1. The van der Waals surface area contributed by atoms with E-state index in [1.54, 1.807) is 61.7 Å². The summed E-state index contributed by atoms with van der Waals surface area (Å²) in [5.74, 6) is -0.518. The first-order valence-corrected chi connectivity index (χ1v) is 15.4. The van der Waals surface area contributed by atoms with E-state index in [9.17, 15) is 14.4 Å². The standard InChI is InChI=1S/C35H29N3O4S2/c1-42-31-20-9-8-19-29(31)37-35(41)32(24-12-4-2-5-13-24)44-28-17-10-16-26(22-28)36-34(40)30(23-27-18-11-21-43-27)38-33(39)25-14-6-3-7-15-25/h2-23,32H,1H3,(H,36,40)(H,37,41)(H,38,39)/b30-23-. The Morgan fingerprint density at radius 1 is 0.795 bits per heavy atom. The lowest BCUT2D eigenvalue weighted by Gasteiger charge is -2.19. The number of carbonyl (C=O) groups is 3. The number of amides is 3. The second-order valence-electron chi connectivity index (χ2n) is 9.47. The van der Waals surface area contributed by atoms with E-state index in [-0.39, 0.29) is 17.5 Å². The fourth-order valence-electron chi connectivity index (χ4n) is 4.29. The normalized spacial score (nSPS) is 11.7. The van der Waals surface area contributed by atoms with Crippen LogP contribution in [0.15, 0.2) is 137 Å². The van der Waals surface area contributed by atoms with Gasteiger partial charge in [0.05, 0.1) is 12.8 Å². The third-order valence-corrected chi connectivity index (χ3v) is 8.48. The minimum atomic E-state index is -0.591. The van der Waals surface area contributed by atoms with Gasteiger partial charge in [0.1, 0.15) is 16.7 Å². The van der Waals surface area contributed by atoms with Crippen LogP contribution in [0, 0.1) is 0 Å². The molecule has 44 heavy (non-hydrogen) atoms. The maximum absolute atomic E-state index is 13.6. The molecule has 1 heterocycles. The Morgan fingerprint density at radius 2 is 1.52 bits per heavy atom. The molecule has 3 amide bonds. The van der Waals surface area contributed by atoms with Gasteiger partial charge in [-0.25, -0.2) is 0 Å². The lowest BCUT2D eigenvalue weighted by molar-refractivity contribution is -0.116. The Morgan fingerprint density at radius 3 is 2.25 bits per heavy atom. The van der Waals surface area contributed by atoms with Crippen molar-refractivity contribution in [1.82, 2.24) is 5.32 Å².